The van der Waals surface area contributed by atoms with Gasteiger partial charge in [-0.05, 0) is 55.2 Å². The highest BCUT2D eigenvalue weighted by atomic mass is 16.6. The molecule has 0 saturated carbocycles. The van der Waals surface area contributed by atoms with Crippen LogP contribution < -0.4 is 11.1 Å². The number of esters is 1. The molecular weight excluding hydrogens is 788 g/mol. The van der Waals surface area contributed by atoms with Crippen LogP contribution in [0.5, 0.6) is 11.5 Å². The number of hydrogen-bond donors (Lipinski definition) is 8. The molecule has 2 aromatic carbocycles. The summed E-state index contributed by atoms with van der Waals surface area (Å²) in [4.78, 5) is 57.3. The summed E-state index contributed by atoms with van der Waals surface area (Å²) in [7, 11) is 4.73. The Kier molecular flexibility index (Phi) is 10.9. The monoisotopic (exact) mass is 836 g/mol. The van der Waals surface area contributed by atoms with Crippen molar-refractivity contribution >= 4 is 23.3 Å². The molecule has 4 aliphatic rings. The predicted molar refractivity (Wildman–Crippen MR) is 205 cm³/mol. The molecule has 3 unspecified atom stereocenters. The number of ether oxygens (including phenoxy) is 5. The number of hydrogen-bond acceptors (Lipinski definition) is 18. The standard InChI is InChI=1S/C42H48N2O16/c1-16-8-20-11-26(47)42(58-7)37(52)28-22(36(51)41(42,54)30(20)32(49)27(16)39(53)57-6)12-23-29(31(28)48)24(46)13-25(40(23,43)14-19-10-21(59-15-19)9-17(2)45)44-38-35(56-5)33(50)34(55-4)18(3)60-38/h8,10,12-13,15,17-18,26,33-35,38,44-45,47-50,54H,9,11,14,43H2,1-7H3/t17?,18-,26?,33+,34-,35+,38-,40?,41-,42+/m0/s1. The van der Waals surface area contributed by atoms with Gasteiger partial charge in [-0.3, -0.25) is 14.4 Å². The van der Waals surface area contributed by atoms with E-state index in [0.29, 0.717) is 11.3 Å². The number of carbonyl (C=O) groups is 4. The summed E-state index contributed by atoms with van der Waals surface area (Å²) < 4.78 is 33.4. The molecule has 2 heterocycles. The molecule has 1 aromatic heterocycles. The summed E-state index contributed by atoms with van der Waals surface area (Å²) in [5, 5.41) is 72.6. The van der Waals surface area contributed by atoms with E-state index in [1.165, 1.54) is 33.5 Å². The zero-order valence-electron chi connectivity index (χ0n) is 33.9. The molecule has 18 nitrogen and oxygen atoms in total. The lowest BCUT2D eigenvalue weighted by Crippen LogP contribution is -2.73. The number of ketones is 3. The number of benzene rings is 2. The normalized spacial score (nSPS) is 31.4. The van der Waals surface area contributed by atoms with Gasteiger partial charge in [0.15, 0.2) is 23.2 Å². The highest BCUT2D eigenvalue weighted by Gasteiger charge is 2.73. The fourth-order valence-corrected chi connectivity index (χ4v) is 9.58. The first-order valence-electron chi connectivity index (χ1n) is 19.1. The Bertz CT molecular complexity index is 2340. The van der Waals surface area contributed by atoms with Gasteiger partial charge in [-0.1, -0.05) is 6.07 Å². The number of nitrogens with one attached hydrogen (secondary N) is 1. The van der Waals surface area contributed by atoms with Crippen LogP contribution in [0.3, 0.4) is 0 Å². The van der Waals surface area contributed by atoms with Crippen molar-refractivity contribution in [3.63, 3.8) is 0 Å². The van der Waals surface area contributed by atoms with E-state index in [9.17, 15) is 45.0 Å². The molecule has 3 aliphatic carbocycles. The fourth-order valence-electron chi connectivity index (χ4n) is 9.58. The first-order chi connectivity index (χ1) is 28.3. The molecule has 0 radical (unpaired) electrons. The van der Waals surface area contributed by atoms with Gasteiger partial charge >= 0.3 is 5.97 Å². The van der Waals surface area contributed by atoms with Crippen molar-refractivity contribution in [3.05, 3.63) is 92.1 Å². The van der Waals surface area contributed by atoms with E-state index in [2.05, 4.69) is 5.32 Å². The number of carbonyl (C=O) groups excluding carboxylic acids is 4. The van der Waals surface area contributed by atoms with Crippen LogP contribution in [0.25, 0.3) is 0 Å². The van der Waals surface area contributed by atoms with E-state index in [4.69, 9.17) is 33.8 Å². The summed E-state index contributed by atoms with van der Waals surface area (Å²) in [5.41, 5.74) is -3.36. The van der Waals surface area contributed by atoms with Crippen molar-refractivity contribution < 1.29 is 77.9 Å². The zero-order chi connectivity index (χ0) is 44.0. The number of furan rings is 1. The smallest absolute Gasteiger partial charge is 0.341 e. The second-order valence-electron chi connectivity index (χ2n) is 15.9. The van der Waals surface area contributed by atoms with E-state index in [-0.39, 0.29) is 35.2 Å². The first-order valence-corrected chi connectivity index (χ1v) is 19.1. The van der Waals surface area contributed by atoms with E-state index in [0.717, 1.165) is 26.4 Å². The van der Waals surface area contributed by atoms with Crippen molar-refractivity contribution in [1.82, 2.24) is 5.32 Å². The number of Topliss-reactive ketones (excluding diaryl/α,β-unsaturated/α-hetero) is 2. The van der Waals surface area contributed by atoms with Gasteiger partial charge in [-0.15, -0.1) is 0 Å². The van der Waals surface area contributed by atoms with Crippen LogP contribution in [-0.4, -0.2) is 131 Å². The second-order valence-corrected chi connectivity index (χ2v) is 15.9. The van der Waals surface area contributed by atoms with Crippen LogP contribution in [-0.2, 0) is 54.1 Å². The molecule has 10 atom stereocenters. The Morgan fingerprint density at radius 3 is 2.32 bits per heavy atom. The van der Waals surface area contributed by atoms with E-state index < -0.39 is 129 Å². The molecule has 7 rings (SSSR count). The van der Waals surface area contributed by atoms with E-state index >= 15 is 4.79 Å². The van der Waals surface area contributed by atoms with Gasteiger partial charge < -0.3 is 69.8 Å². The Balaban J connectivity index is 1.46. The maximum atomic E-state index is 15.2. The quantitative estimate of drug-likeness (QED) is 0.129. The molecule has 3 aromatic rings. The van der Waals surface area contributed by atoms with Gasteiger partial charge in [0.25, 0.3) is 0 Å². The number of rotatable bonds is 10. The van der Waals surface area contributed by atoms with Crippen LogP contribution >= 0.6 is 0 Å². The minimum atomic E-state index is -3.25. The average Bonchev–Trinajstić information content (AvgIpc) is 3.61. The largest absolute Gasteiger partial charge is 0.507 e. The molecule has 1 fully saturated rings. The topological polar surface area (TPSA) is 287 Å². The Labute approximate surface area is 343 Å². The molecule has 9 N–H and O–H groups in total. The molecule has 1 saturated heterocycles. The summed E-state index contributed by atoms with van der Waals surface area (Å²) in [6, 6.07) is 4.05. The number of aliphatic hydroxyl groups is 4. The molecular formula is C42H48N2O16. The molecule has 0 spiro atoms. The number of nitrogens with two attached hydrogens (primary N) is 1. The van der Waals surface area contributed by atoms with E-state index in [1.54, 1.807) is 19.9 Å². The third-order valence-electron chi connectivity index (χ3n) is 12.3. The number of phenols is 2. The lowest BCUT2D eigenvalue weighted by molar-refractivity contribution is -0.236. The fraction of sp³-hybridized carbons (Fsp3) is 0.476. The number of methoxy groups -OCH3 is 4. The van der Waals surface area contributed by atoms with E-state index in [1.807, 2.05) is 0 Å². The van der Waals surface area contributed by atoms with Crippen molar-refractivity contribution in [2.45, 2.75) is 99.6 Å². The van der Waals surface area contributed by atoms with Crippen LogP contribution in [0.15, 0.2) is 40.7 Å². The van der Waals surface area contributed by atoms with Gasteiger partial charge in [0.05, 0.1) is 48.4 Å². The van der Waals surface area contributed by atoms with Crippen LogP contribution in [0.4, 0.5) is 0 Å². The third kappa shape index (κ3) is 5.96. The Morgan fingerprint density at radius 1 is 1.02 bits per heavy atom. The average molecular weight is 837 g/mol. The first kappa shape index (κ1) is 43.1. The number of fused-ring (bicyclic) bond motifs is 5. The maximum Gasteiger partial charge on any atom is 0.341 e. The second kappa shape index (κ2) is 15.2. The van der Waals surface area contributed by atoms with Gasteiger partial charge in [0.2, 0.25) is 11.6 Å². The Hall–Kier alpha value is -5.02. The van der Waals surface area contributed by atoms with Crippen LogP contribution in [0.1, 0.15) is 88.9 Å². The summed E-state index contributed by atoms with van der Waals surface area (Å²) in [5.74, 6) is -6.11. The van der Waals surface area contributed by atoms with Crippen molar-refractivity contribution in [1.29, 1.82) is 0 Å². The van der Waals surface area contributed by atoms with Crippen LogP contribution in [0, 0.1) is 6.92 Å². The highest BCUT2D eigenvalue weighted by Crippen LogP contribution is 2.57. The van der Waals surface area contributed by atoms with Gasteiger partial charge in [0, 0.05) is 63.5 Å². The maximum absolute atomic E-state index is 15.2. The number of phenolic OH excluding ortho intramolecular Hbond substituents is 2. The molecule has 60 heavy (non-hydrogen) atoms. The lowest BCUT2D eigenvalue weighted by Gasteiger charge is -2.53. The minimum Gasteiger partial charge on any atom is -0.507 e. The number of aromatic hydroxyl groups is 2. The highest BCUT2D eigenvalue weighted by molar-refractivity contribution is 6.26. The van der Waals surface area contributed by atoms with Gasteiger partial charge in [-0.2, -0.15) is 0 Å². The van der Waals surface area contributed by atoms with Crippen molar-refractivity contribution in [3.8, 4) is 11.5 Å². The minimum absolute atomic E-state index is 0.00476. The molecule has 0 bridgehead atoms. The lowest BCUT2D eigenvalue weighted by atomic mass is 9.56. The van der Waals surface area contributed by atoms with Gasteiger partial charge in [-0.25, -0.2) is 4.79 Å². The molecule has 0 amide bonds. The summed E-state index contributed by atoms with van der Waals surface area (Å²) in [6.07, 6.45) is -5.85. The van der Waals surface area contributed by atoms with Crippen molar-refractivity contribution in [2.24, 2.45) is 5.73 Å². The third-order valence-corrected chi connectivity index (χ3v) is 12.3. The predicted octanol–water partition coefficient (Wildman–Crippen LogP) is 0.480. The Morgan fingerprint density at radius 2 is 1.70 bits per heavy atom. The number of aryl methyl sites for hydroxylation is 1. The number of allylic oxidation sites excluding steroid dienone is 1. The van der Waals surface area contributed by atoms with Gasteiger partial charge in [0.1, 0.15) is 41.1 Å². The summed E-state index contributed by atoms with van der Waals surface area (Å²) >= 11 is 0. The van der Waals surface area contributed by atoms with Crippen LogP contribution in [0.2, 0.25) is 0 Å². The molecule has 1 aliphatic heterocycles. The molecule has 18 heteroatoms. The summed E-state index contributed by atoms with van der Waals surface area (Å²) in [6.45, 7) is 4.69. The molecule has 322 valence electrons. The zero-order valence-corrected chi connectivity index (χ0v) is 33.9. The number of aliphatic hydroxyl groups excluding tert-OH is 3. The van der Waals surface area contributed by atoms with Crippen molar-refractivity contribution in [2.75, 3.05) is 28.4 Å². The SMILES string of the molecule is COC(=O)c1c(C)cc2c(c1O)[C@]1(O)C(=O)c3cc4c(c(O)c3C(=O)[C@]1(OC)C(O)C2)C(=O)C=C(N[C@H]1O[C@@H](C)[C@H](OC)[C@@H](O)[C@H]1OC)C4(N)Cc1coc(CC(C)O)c1.